The number of allylic oxidation sites excluding steroid dienone is 5. The average molecular weight is 311 g/mol. The van der Waals surface area contributed by atoms with Gasteiger partial charge in [-0.3, -0.25) is 0 Å². The van der Waals surface area contributed by atoms with Gasteiger partial charge in [-0.25, -0.2) is 0 Å². The van der Waals surface area contributed by atoms with Crippen molar-refractivity contribution in [2.24, 2.45) is 17.6 Å². The van der Waals surface area contributed by atoms with Crippen molar-refractivity contribution in [1.82, 2.24) is 0 Å². The predicted octanol–water partition coefficient (Wildman–Crippen LogP) is 4.39. The van der Waals surface area contributed by atoms with E-state index in [1.807, 2.05) is 23.5 Å². The number of hydrogen-bond donors (Lipinski definition) is 1. The van der Waals surface area contributed by atoms with Crippen LogP contribution in [-0.4, -0.2) is 10.5 Å². The van der Waals surface area contributed by atoms with E-state index in [0.29, 0.717) is 22.3 Å². The monoisotopic (exact) mass is 311 g/mol. The van der Waals surface area contributed by atoms with Gasteiger partial charge in [-0.05, 0) is 18.2 Å². The fourth-order valence-corrected chi connectivity index (χ4v) is 5.89. The van der Waals surface area contributed by atoms with Gasteiger partial charge in [0.05, 0.1) is 0 Å². The van der Waals surface area contributed by atoms with Gasteiger partial charge in [0, 0.05) is 37.8 Å². The van der Waals surface area contributed by atoms with Gasteiger partial charge in [0.2, 0.25) is 0 Å². The predicted molar refractivity (Wildman–Crippen MR) is 92.4 cm³/mol. The van der Waals surface area contributed by atoms with Crippen LogP contribution in [0.15, 0.2) is 82.3 Å². The summed E-state index contributed by atoms with van der Waals surface area (Å²) in [5, 5.41) is 0.947. The van der Waals surface area contributed by atoms with Crippen molar-refractivity contribution in [3.63, 3.8) is 0 Å². The first-order valence-electron chi connectivity index (χ1n) is 7.24. The summed E-state index contributed by atoms with van der Waals surface area (Å²) in [7, 11) is 0. The zero-order chi connectivity index (χ0) is 14.2. The molecule has 4 rings (SSSR count). The molecule has 1 aromatic rings. The van der Waals surface area contributed by atoms with E-state index in [-0.39, 0.29) is 0 Å². The third kappa shape index (κ3) is 2.49. The Bertz CT molecular complexity index is 672. The van der Waals surface area contributed by atoms with E-state index in [4.69, 9.17) is 5.73 Å². The van der Waals surface area contributed by atoms with Crippen molar-refractivity contribution in [2.45, 2.75) is 20.3 Å². The molecule has 0 aromatic heterocycles. The van der Waals surface area contributed by atoms with Gasteiger partial charge in [0.25, 0.3) is 0 Å². The van der Waals surface area contributed by atoms with E-state index in [0.717, 1.165) is 5.70 Å². The highest BCUT2D eigenvalue weighted by Crippen LogP contribution is 2.48. The van der Waals surface area contributed by atoms with E-state index in [1.165, 1.54) is 9.79 Å². The first-order valence-corrected chi connectivity index (χ1v) is 9.00. The molecule has 0 fully saturated rings. The first-order chi connectivity index (χ1) is 10.3. The number of benzene rings is 1. The minimum absolute atomic E-state index is 0.461. The lowest BCUT2D eigenvalue weighted by Gasteiger charge is -2.37. The SMILES string of the molecule is NC1=CC2C(C=C1)Sc1ccccc1SC1C=CC=CC12. The summed E-state index contributed by atoms with van der Waals surface area (Å²) in [5.74, 6) is 0.974. The van der Waals surface area contributed by atoms with Crippen LogP contribution in [0.3, 0.4) is 0 Å². The molecule has 4 unspecified atom stereocenters. The lowest BCUT2D eigenvalue weighted by atomic mass is 9.81. The van der Waals surface area contributed by atoms with E-state index in [1.54, 1.807) is 0 Å². The molecule has 1 heterocycles. The molecule has 0 radical (unpaired) electrons. The van der Waals surface area contributed by atoms with Crippen LogP contribution in [0.25, 0.3) is 0 Å². The van der Waals surface area contributed by atoms with Crippen LogP contribution < -0.4 is 5.73 Å². The Labute approximate surface area is 134 Å². The quantitative estimate of drug-likeness (QED) is 0.769. The molecule has 21 heavy (non-hydrogen) atoms. The molecule has 4 atom stereocenters. The summed E-state index contributed by atoms with van der Waals surface area (Å²) in [5.41, 5.74) is 6.96. The van der Waals surface area contributed by atoms with Crippen LogP contribution in [-0.2, 0) is 0 Å². The Morgan fingerprint density at radius 3 is 2.24 bits per heavy atom. The Balaban J connectivity index is 1.80. The summed E-state index contributed by atoms with van der Waals surface area (Å²) in [4.78, 5) is 2.78. The molecule has 3 heteroatoms. The Hall–Kier alpha value is -1.32. The molecule has 0 saturated carbocycles. The second kappa shape index (κ2) is 5.47. The largest absolute Gasteiger partial charge is 0.399 e. The Morgan fingerprint density at radius 1 is 0.810 bits per heavy atom. The van der Waals surface area contributed by atoms with Crippen LogP contribution in [0.1, 0.15) is 0 Å². The first kappa shape index (κ1) is 13.4. The summed E-state index contributed by atoms with van der Waals surface area (Å²) in [6.07, 6.45) is 15.6. The standard InChI is InChI=1S/C18H17NS2/c19-12-9-10-16-14(11-12)13-5-1-2-6-15(13)20-17-7-3-4-8-18(17)21-16/h1-11,13-16H,19H2. The van der Waals surface area contributed by atoms with Crippen molar-refractivity contribution >= 4 is 23.5 Å². The third-order valence-corrected chi connectivity index (χ3v) is 7.02. The zero-order valence-corrected chi connectivity index (χ0v) is 13.2. The molecule has 0 spiro atoms. The third-order valence-electron chi connectivity index (χ3n) is 4.19. The normalized spacial score (nSPS) is 33.2. The summed E-state index contributed by atoms with van der Waals surface area (Å²) in [6.45, 7) is 0. The minimum atomic E-state index is 0.461. The topological polar surface area (TPSA) is 26.0 Å². The minimum Gasteiger partial charge on any atom is -0.399 e. The van der Waals surface area contributed by atoms with Crippen molar-refractivity contribution in [3.05, 3.63) is 72.5 Å². The van der Waals surface area contributed by atoms with Crippen LogP contribution in [0.4, 0.5) is 0 Å². The smallest absolute Gasteiger partial charge is 0.0348 e. The van der Waals surface area contributed by atoms with Gasteiger partial charge >= 0.3 is 0 Å². The molecule has 2 N–H and O–H groups in total. The van der Waals surface area contributed by atoms with Gasteiger partial charge in [0.15, 0.2) is 0 Å². The maximum atomic E-state index is 6.06. The highest BCUT2D eigenvalue weighted by molar-refractivity contribution is 8.03. The van der Waals surface area contributed by atoms with Gasteiger partial charge in [-0.2, -0.15) is 0 Å². The van der Waals surface area contributed by atoms with Crippen molar-refractivity contribution in [1.29, 1.82) is 0 Å². The number of hydrogen-bond acceptors (Lipinski definition) is 3. The molecule has 0 amide bonds. The molecule has 0 bridgehead atoms. The van der Waals surface area contributed by atoms with E-state index in [2.05, 4.69) is 66.8 Å². The second-order valence-electron chi connectivity index (χ2n) is 5.56. The van der Waals surface area contributed by atoms with Crippen LogP contribution >= 0.6 is 23.5 Å². The van der Waals surface area contributed by atoms with Crippen molar-refractivity contribution in [3.8, 4) is 0 Å². The molecule has 2 aliphatic carbocycles. The molecular weight excluding hydrogens is 294 g/mol. The Kier molecular flexibility index (Phi) is 3.48. The lowest BCUT2D eigenvalue weighted by Crippen LogP contribution is -2.32. The molecular formula is C18H17NS2. The Morgan fingerprint density at radius 2 is 1.48 bits per heavy atom. The average Bonchev–Trinajstić information content (AvgIpc) is 2.50. The lowest BCUT2D eigenvalue weighted by molar-refractivity contribution is 0.490. The number of rotatable bonds is 0. The van der Waals surface area contributed by atoms with Crippen LogP contribution in [0, 0.1) is 11.8 Å². The van der Waals surface area contributed by atoms with Gasteiger partial charge in [0.1, 0.15) is 0 Å². The molecule has 0 saturated heterocycles. The van der Waals surface area contributed by atoms with Crippen LogP contribution in [0.2, 0.25) is 0 Å². The molecule has 3 aliphatic rings. The number of thioether (sulfide) groups is 2. The molecule has 1 aliphatic heterocycles. The fourth-order valence-electron chi connectivity index (χ4n) is 3.16. The summed E-state index contributed by atoms with van der Waals surface area (Å²) < 4.78 is 0. The number of fused-ring (bicyclic) bond motifs is 4. The summed E-state index contributed by atoms with van der Waals surface area (Å²) >= 11 is 3.95. The highest BCUT2D eigenvalue weighted by atomic mass is 32.2. The van der Waals surface area contributed by atoms with Gasteiger partial charge < -0.3 is 5.73 Å². The second-order valence-corrected chi connectivity index (χ2v) is 8.00. The molecule has 1 aromatic carbocycles. The highest BCUT2D eigenvalue weighted by Gasteiger charge is 2.35. The number of nitrogens with two attached hydrogens (primary N) is 1. The van der Waals surface area contributed by atoms with E-state index < -0.39 is 0 Å². The zero-order valence-electron chi connectivity index (χ0n) is 11.6. The fraction of sp³-hybridized carbons (Fsp3) is 0.222. The van der Waals surface area contributed by atoms with Crippen molar-refractivity contribution in [2.75, 3.05) is 0 Å². The van der Waals surface area contributed by atoms with E-state index >= 15 is 0 Å². The van der Waals surface area contributed by atoms with Crippen molar-refractivity contribution < 1.29 is 0 Å². The van der Waals surface area contributed by atoms with Gasteiger partial charge in [-0.1, -0.05) is 48.6 Å². The van der Waals surface area contributed by atoms with Crippen LogP contribution in [0.5, 0.6) is 0 Å². The molecule has 106 valence electrons. The maximum absolute atomic E-state index is 6.06. The molecule has 1 nitrogen and oxygen atoms in total. The van der Waals surface area contributed by atoms with E-state index in [9.17, 15) is 0 Å². The summed E-state index contributed by atoms with van der Waals surface area (Å²) in [6, 6.07) is 8.75. The van der Waals surface area contributed by atoms with Gasteiger partial charge in [-0.15, -0.1) is 23.5 Å². The maximum Gasteiger partial charge on any atom is 0.0348 e.